The maximum atomic E-state index is 10.1. The lowest BCUT2D eigenvalue weighted by Crippen LogP contribution is -2.23. The number of unbranched alkanes of at least 4 members (excludes halogenated alkanes) is 6. The highest BCUT2D eigenvalue weighted by Gasteiger charge is 1.94. The SMILES string of the molecule is CCCCCCCCCNCC(=O)O.Cl. The van der Waals surface area contributed by atoms with E-state index >= 15 is 0 Å². The van der Waals surface area contributed by atoms with Crippen molar-refractivity contribution in [2.75, 3.05) is 13.1 Å². The number of carbonyl (C=O) groups is 1. The molecular weight excluding hydrogens is 214 g/mol. The molecular formula is C11H24ClNO2. The Morgan fingerprint density at radius 2 is 1.60 bits per heavy atom. The van der Waals surface area contributed by atoms with Crippen molar-refractivity contribution in [3.8, 4) is 0 Å². The van der Waals surface area contributed by atoms with Gasteiger partial charge < -0.3 is 10.4 Å². The van der Waals surface area contributed by atoms with Gasteiger partial charge in [0.25, 0.3) is 0 Å². The Morgan fingerprint density at radius 1 is 1.07 bits per heavy atom. The largest absolute Gasteiger partial charge is 0.480 e. The summed E-state index contributed by atoms with van der Waals surface area (Å²) < 4.78 is 0. The van der Waals surface area contributed by atoms with Crippen molar-refractivity contribution in [1.82, 2.24) is 5.32 Å². The van der Waals surface area contributed by atoms with Gasteiger partial charge in [0.15, 0.2) is 0 Å². The first-order valence-electron chi connectivity index (χ1n) is 5.70. The highest BCUT2D eigenvalue weighted by atomic mass is 35.5. The van der Waals surface area contributed by atoms with Crippen LogP contribution in [0.3, 0.4) is 0 Å². The van der Waals surface area contributed by atoms with Crippen LogP contribution in [0, 0.1) is 0 Å². The molecule has 0 aliphatic carbocycles. The molecule has 0 aromatic rings. The minimum absolute atomic E-state index is 0. The second-order valence-electron chi connectivity index (χ2n) is 3.69. The lowest BCUT2D eigenvalue weighted by molar-refractivity contribution is -0.135. The number of carboxylic acid groups (broad SMARTS) is 1. The van der Waals surface area contributed by atoms with Crippen LogP contribution in [-0.2, 0) is 4.79 Å². The van der Waals surface area contributed by atoms with Gasteiger partial charge in [0.2, 0.25) is 0 Å². The Kier molecular flexibility index (Phi) is 15.7. The fourth-order valence-corrected chi connectivity index (χ4v) is 1.40. The molecule has 0 radical (unpaired) electrons. The first kappa shape index (κ1) is 17.1. The molecule has 92 valence electrons. The molecule has 0 amide bonds. The third-order valence-corrected chi connectivity index (χ3v) is 2.23. The van der Waals surface area contributed by atoms with E-state index in [1.807, 2.05) is 0 Å². The molecule has 0 saturated heterocycles. The molecule has 0 atom stereocenters. The molecule has 0 saturated carbocycles. The molecule has 2 N–H and O–H groups in total. The fraction of sp³-hybridized carbons (Fsp3) is 0.909. The van der Waals surface area contributed by atoms with Crippen LogP contribution in [0.1, 0.15) is 51.9 Å². The summed E-state index contributed by atoms with van der Waals surface area (Å²) >= 11 is 0. The molecule has 0 spiro atoms. The minimum atomic E-state index is -0.770. The van der Waals surface area contributed by atoms with Crippen molar-refractivity contribution in [2.24, 2.45) is 0 Å². The van der Waals surface area contributed by atoms with Crippen LogP contribution < -0.4 is 5.32 Å². The van der Waals surface area contributed by atoms with Gasteiger partial charge in [0, 0.05) is 0 Å². The van der Waals surface area contributed by atoms with E-state index in [-0.39, 0.29) is 19.0 Å². The fourth-order valence-electron chi connectivity index (χ4n) is 1.40. The van der Waals surface area contributed by atoms with Crippen LogP contribution in [0.25, 0.3) is 0 Å². The summed E-state index contributed by atoms with van der Waals surface area (Å²) in [5.41, 5.74) is 0. The highest BCUT2D eigenvalue weighted by molar-refractivity contribution is 5.85. The molecule has 0 aliphatic rings. The van der Waals surface area contributed by atoms with Gasteiger partial charge >= 0.3 is 5.97 Å². The van der Waals surface area contributed by atoms with E-state index in [0.29, 0.717) is 0 Å². The topological polar surface area (TPSA) is 49.3 Å². The van der Waals surface area contributed by atoms with E-state index in [1.165, 1.54) is 38.5 Å². The third-order valence-electron chi connectivity index (χ3n) is 2.23. The van der Waals surface area contributed by atoms with Gasteiger partial charge in [-0.1, -0.05) is 45.4 Å². The summed E-state index contributed by atoms with van der Waals surface area (Å²) in [6.07, 6.45) is 8.91. The zero-order chi connectivity index (χ0) is 10.6. The van der Waals surface area contributed by atoms with Gasteiger partial charge in [0.05, 0.1) is 6.54 Å². The first-order valence-corrected chi connectivity index (χ1v) is 5.70. The zero-order valence-corrected chi connectivity index (χ0v) is 10.4. The first-order chi connectivity index (χ1) is 6.77. The van der Waals surface area contributed by atoms with Crippen LogP contribution in [0.2, 0.25) is 0 Å². The van der Waals surface area contributed by atoms with Gasteiger partial charge in [-0.2, -0.15) is 0 Å². The van der Waals surface area contributed by atoms with Crippen molar-refractivity contribution in [3.05, 3.63) is 0 Å². The van der Waals surface area contributed by atoms with E-state index in [9.17, 15) is 4.79 Å². The van der Waals surface area contributed by atoms with Gasteiger partial charge in [-0.05, 0) is 13.0 Å². The lowest BCUT2D eigenvalue weighted by atomic mass is 10.1. The number of hydrogen-bond donors (Lipinski definition) is 2. The van der Waals surface area contributed by atoms with Crippen LogP contribution in [0.5, 0.6) is 0 Å². The van der Waals surface area contributed by atoms with E-state index in [2.05, 4.69) is 12.2 Å². The molecule has 0 fully saturated rings. The van der Waals surface area contributed by atoms with Crippen LogP contribution >= 0.6 is 12.4 Å². The average Bonchev–Trinajstić information content (AvgIpc) is 2.15. The molecule has 0 aromatic carbocycles. The number of rotatable bonds is 10. The Labute approximate surface area is 99.0 Å². The Bertz CT molecular complexity index is 143. The zero-order valence-electron chi connectivity index (χ0n) is 9.63. The normalized spacial score (nSPS) is 9.67. The van der Waals surface area contributed by atoms with Crippen molar-refractivity contribution in [3.63, 3.8) is 0 Å². The van der Waals surface area contributed by atoms with E-state index in [1.54, 1.807) is 0 Å². The summed E-state index contributed by atoms with van der Waals surface area (Å²) in [5.74, 6) is -0.770. The third kappa shape index (κ3) is 16.4. The molecule has 0 unspecified atom stereocenters. The maximum absolute atomic E-state index is 10.1. The summed E-state index contributed by atoms with van der Waals surface area (Å²) in [6, 6.07) is 0. The second kappa shape index (κ2) is 13.7. The number of carboxylic acids is 1. The predicted octanol–water partition coefficient (Wildman–Crippen LogP) is 2.83. The van der Waals surface area contributed by atoms with Gasteiger partial charge in [-0.25, -0.2) is 0 Å². The van der Waals surface area contributed by atoms with Gasteiger partial charge in [0.1, 0.15) is 0 Å². The summed E-state index contributed by atoms with van der Waals surface area (Å²) in [7, 11) is 0. The number of aliphatic carboxylic acids is 1. The minimum Gasteiger partial charge on any atom is -0.480 e. The van der Waals surface area contributed by atoms with Crippen molar-refractivity contribution < 1.29 is 9.90 Å². The van der Waals surface area contributed by atoms with Crippen molar-refractivity contribution in [1.29, 1.82) is 0 Å². The molecule has 0 heterocycles. The number of nitrogens with one attached hydrogen (secondary N) is 1. The van der Waals surface area contributed by atoms with Gasteiger partial charge in [-0.3, -0.25) is 4.79 Å². The second-order valence-corrected chi connectivity index (χ2v) is 3.69. The molecule has 3 nitrogen and oxygen atoms in total. The Balaban J connectivity index is 0. The molecule has 0 aliphatic heterocycles. The van der Waals surface area contributed by atoms with Crippen LogP contribution in [-0.4, -0.2) is 24.2 Å². The maximum Gasteiger partial charge on any atom is 0.317 e. The quantitative estimate of drug-likeness (QED) is 0.575. The molecule has 0 aromatic heterocycles. The summed E-state index contributed by atoms with van der Waals surface area (Å²) in [4.78, 5) is 10.1. The molecule has 0 rings (SSSR count). The Hall–Kier alpha value is -0.280. The van der Waals surface area contributed by atoms with E-state index in [0.717, 1.165) is 13.0 Å². The van der Waals surface area contributed by atoms with Crippen molar-refractivity contribution >= 4 is 18.4 Å². The highest BCUT2D eigenvalue weighted by Crippen LogP contribution is 2.05. The average molecular weight is 238 g/mol. The van der Waals surface area contributed by atoms with Crippen LogP contribution in [0.15, 0.2) is 0 Å². The predicted molar refractivity (Wildman–Crippen MR) is 65.7 cm³/mol. The molecule has 15 heavy (non-hydrogen) atoms. The van der Waals surface area contributed by atoms with Crippen molar-refractivity contribution in [2.45, 2.75) is 51.9 Å². The Morgan fingerprint density at radius 3 is 2.13 bits per heavy atom. The summed E-state index contributed by atoms with van der Waals surface area (Å²) in [5, 5.41) is 11.2. The van der Waals surface area contributed by atoms with Gasteiger partial charge in [-0.15, -0.1) is 12.4 Å². The molecule has 0 bridgehead atoms. The smallest absolute Gasteiger partial charge is 0.317 e. The molecule has 4 heteroatoms. The standard InChI is InChI=1S/C11H23NO2.ClH/c1-2-3-4-5-6-7-8-9-12-10-11(13)14;/h12H,2-10H2,1H3,(H,13,14);1H. The lowest BCUT2D eigenvalue weighted by Gasteiger charge is -2.01. The summed E-state index contributed by atoms with van der Waals surface area (Å²) in [6.45, 7) is 3.14. The van der Waals surface area contributed by atoms with E-state index in [4.69, 9.17) is 5.11 Å². The monoisotopic (exact) mass is 237 g/mol. The number of hydrogen-bond acceptors (Lipinski definition) is 2. The van der Waals surface area contributed by atoms with E-state index < -0.39 is 5.97 Å². The number of halogens is 1. The van der Waals surface area contributed by atoms with Crippen LogP contribution in [0.4, 0.5) is 0 Å².